The highest BCUT2D eigenvalue weighted by Gasteiger charge is 2.22. The molecule has 2 saturated carbocycles. The Morgan fingerprint density at radius 1 is 0.897 bits per heavy atom. The van der Waals surface area contributed by atoms with E-state index in [9.17, 15) is 8.78 Å². The molecule has 1 nitrogen and oxygen atoms in total. The van der Waals surface area contributed by atoms with Crippen LogP contribution < -0.4 is 4.74 Å². The Balaban J connectivity index is 1.32. The van der Waals surface area contributed by atoms with Crippen LogP contribution in [0.2, 0.25) is 0 Å². The Morgan fingerprint density at radius 3 is 2.10 bits per heavy atom. The minimum absolute atomic E-state index is 0.249. The maximum absolute atomic E-state index is 12.3. The Kier molecular flexibility index (Phi) is 9.01. The van der Waals surface area contributed by atoms with E-state index in [0.717, 1.165) is 11.8 Å². The Hall–Kier alpha value is -1.38. The molecule has 2 fully saturated rings. The summed E-state index contributed by atoms with van der Waals surface area (Å²) in [5, 5.41) is 0. The van der Waals surface area contributed by atoms with Crippen LogP contribution in [-0.2, 0) is 0 Å². The second kappa shape index (κ2) is 11.7. The lowest BCUT2D eigenvalue weighted by atomic mass is 9.77. The molecule has 0 radical (unpaired) electrons. The zero-order valence-electron chi connectivity index (χ0n) is 18.0. The highest BCUT2D eigenvalue weighted by molar-refractivity contribution is 5.29. The lowest BCUT2D eigenvalue weighted by Gasteiger charge is -2.28. The minimum atomic E-state index is -2.75. The normalized spacial score (nSPS) is 28.1. The van der Waals surface area contributed by atoms with Crippen molar-refractivity contribution in [2.24, 2.45) is 17.8 Å². The van der Waals surface area contributed by atoms with Crippen LogP contribution in [-0.4, -0.2) is 6.61 Å². The van der Waals surface area contributed by atoms with Crippen LogP contribution >= 0.6 is 0 Å². The van der Waals surface area contributed by atoms with Crippen LogP contribution in [0, 0.1) is 17.8 Å². The first kappa shape index (κ1) is 22.3. The second-order valence-corrected chi connectivity index (χ2v) is 9.24. The zero-order valence-corrected chi connectivity index (χ0v) is 18.0. The summed E-state index contributed by atoms with van der Waals surface area (Å²) in [6.45, 7) is -0.439. The van der Waals surface area contributed by atoms with Crippen molar-refractivity contribution in [1.29, 1.82) is 0 Å². The summed E-state index contributed by atoms with van der Waals surface area (Å²) >= 11 is 0. The fourth-order valence-corrected chi connectivity index (χ4v) is 5.40. The van der Waals surface area contributed by atoms with Gasteiger partial charge in [-0.1, -0.05) is 69.7 Å². The zero-order chi connectivity index (χ0) is 20.5. The van der Waals surface area contributed by atoms with Crippen LogP contribution in [0.1, 0.15) is 95.5 Å². The molecule has 0 amide bonds. The van der Waals surface area contributed by atoms with E-state index in [1.807, 2.05) is 12.1 Å². The standard InChI is InChI=1S/C26H38F2O/c1-2-5-20-8-10-21(11-9-20)6-3-4-7-22-12-14-23(15-13-22)24-16-18-25(19-17-24)29-26(27)28/h4,7,16-23,26H,2-3,5-6,8-15H2,1H3/b7-4+. The largest absolute Gasteiger partial charge is 0.435 e. The molecule has 3 heteroatoms. The molecular formula is C26H38F2O. The molecule has 0 heterocycles. The van der Waals surface area contributed by atoms with Gasteiger partial charge in [0.2, 0.25) is 0 Å². The predicted molar refractivity (Wildman–Crippen MR) is 117 cm³/mol. The van der Waals surface area contributed by atoms with Gasteiger partial charge in [0.05, 0.1) is 0 Å². The van der Waals surface area contributed by atoms with Crippen LogP contribution in [0.4, 0.5) is 8.78 Å². The molecule has 2 aliphatic rings. The number of rotatable bonds is 9. The molecule has 0 saturated heterocycles. The summed E-state index contributed by atoms with van der Waals surface area (Å²) < 4.78 is 29.0. The van der Waals surface area contributed by atoms with E-state index in [1.165, 1.54) is 82.6 Å². The maximum atomic E-state index is 12.3. The van der Waals surface area contributed by atoms with Crippen molar-refractivity contribution >= 4 is 0 Å². The maximum Gasteiger partial charge on any atom is 0.387 e. The van der Waals surface area contributed by atoms with Crippen molar-refractivity contribution in [2.75, 3.05) is 0 Å². The van der Waals surface area contributed by atoms with Gasteiger partial charge in [0.1, 0.15) is 5.75 Å². The van der Waals surface area contributed by atoms with Gasteiger partial charge < -0.3 is 4.74 Å². The fourth-order valence-electron chi connectivity index (χ4n) is 5.40. The summed E-state index contributed by atoms with van der Waals surface area (Å²) in [7, 11) is 0. The molecule has 1 aromatic carbocycles. The van der Waals surface area contributed by atoms with Crippen molar-refractivity contribution in [3.63, 3.8) is 0 Å². The monoisotopic (exact) mass is 404 g/mol. The Bertz CT molecular complexity index is 594. The number of hydrogen-bond acceptors (Lipinski definition) is 1. The third-order valence-electron chi connectivity index (χ3n) is 7.16. The number of halogens is 2. The van der Waals surface area contributed by atoms with Crippen LogP contribution in [0.25, 0.3) is 0 Å². The van der Waals surface area contributed by atoms with Crippen LogP contribution in [0.3, 0.4) is 0 Å². The quantitative estimate of drug-likeness (QED) is 0.375. The lowest BCUT2D eigenvalue weighted by Crippen LogP contribution is -2.14. The van der Waals surface area contributed by atoms with E-state index in [4.69, 9.17) is 0 Å². The molecule has 1 aromatic rings. The van der Waals surface area contributed by atoms with E-state index in [-0.39, 0.29) is 5.75 Å². The highest BCUT2D eigenvalue weighted by Crippen LogP contribution is 2.37. The van der Waals surface area contributed by atoms with Gasteiger partial charge in [0.25, 0.3) is 0 Å². The smallest absolute Gasteiger partial charge is 0.387 e. The molecule has 0 unspecified atom stereocenters. The van der Waals surface area contributed by atoms with Gasteiger partial charge in [-0.05, 0) is 79.9 Å². The van der Waals surface area contributed by atoms with Gasteiger partial charge in [0, 0.05) is 0 Å². The van der Waals surface area contributed by atoms with Gasteiger partial charge >= 0.3 is 6.61 Å². The molecule has 2 aliphatic carbocycles. The first-order valence-electron chi connectivity index (χ1n) is 11.9. The van der Waals surface area contributed by atoms with E-state index in [1.54, 1.807) is 12.1 Å². The third kappa shape index (κ3) is 7.42. The number of benzene rings is 1. The number of ether oxygens (including phenoxy) is 1. The SMILES string of the molecule is CCCC1CCC(CC/C=C/C2CCC(c3ccc(OC(F)F)cc3)CC2)CC1. The average molecular weight is 405 g/mol. The molecule has 0 aliphatic heterocycles. The summed E-state index contributed by atoms with van der Waals surface area (Å²) in [4.78, 5) is 0. The molecule has 29 heavy (non-hydrogen) atoms. The van der Waals surface area contributed by atoms with Crippen molar-refractivity contribution < 1.29 is 13.5 Å². The van der Waals surface area contributed by atoms with Crippen LogP contribution in [0.5, 0.6) is 5.75 Å². The summed E-state index contributed by atoms with van der Waals surface area (Å²) in [5.41, 5.74) is 1.26. The molecule has 0 aromatic heterocycles. The van der Waals surface area contributed by atoms with Crippen LogP contribution in [0.15, 0.2) is 36.4 Å². The molecular weight excluding hydrogens is 366 g/mol. The van der Waals surface area contributed by atoms with Crippen molar-refractivity contribution in [1.82, 2.24) is 0 Å². The van der Waals surface area contributed by atoms with Gasteiger partial charge in [-0.2, -0.15) is 8.78 Å². The van der Waals surface area contributed by atoms with Crippen molar-refractivity contribution in [2.45, 2.75) is 96.5 Å². The number of alkyl halides is 2. The Morgan fingerprint density at radius 2 is 1.52 bits per heavy atom. The predicted octanol–water partition coefficient (Wildman–Crippen LogP) is 8.50. The lowest BCUT2D eigenvalue weighted by molar-refractivity contribution is -0.0498. The first-order valence-corrected chi connectivity index (χ1v) is 11.9. The van der Waals surface area contributed by atoms with E-state index >= 15 is 0 Å². The second-order valence-electron chi connectivity index (χ2n) is 9.24. The summed E-state index contributed by atoms with van der Waals surface area (Å²) in [5.74, 6) is 3.49. The molecule has 162 valence electrons. The average Bonchev–Trinajstić information content (AvgIpc) is 2.73. The van der Waals surface area contributed by atoms with Gasteiger partial charge in [0.15, 0.2) is 0 Å². The third-order valence-corrected chi connectivity index (χ3v) is 7.16. The Labute approximate surface area is 175 Å². The number of allylic oxidation sites excluding steroid dienone is 2. The number of hydrogen-bond donors (Lipinski definition) is 0. The van der Waals surface area contributed by atoms with E-state index in [0.29, 0.717) is 11.8 Å². The fraction of sp³-hybridized carbons (Fsp3) is 0.692. The van der Waals surface area contributed by atoms with Gasteiger partial charge in [-0.15, -0.1) is 0 Å². The molecule has 0 spiro atoms. The molecule has 3 rings (SSSR count). The summed E-state index contributed by atoms with van der Waals surface area (Å²) in [6.07, 6.45) is 21.0. The topological polar surface area (TPSA) is 9.23 Å². The minimum Gasteiger partial charge on any atom is -0.435 e. The summed E-state index contributed by atoms with van der Waals surface area (Å²) in [6, 6.07) is 7.24. The highest BCUT2D eigenvalue weighted by atomic mass is 19.3. The van der Waals surface area contributed by atoms with Gasteiger partial charge in [-0.25, -0.2) is 0 Å². The first-order chi connectivity index (χ1) is 14.1. The molecule has 0 atom stereocenters. The van der Waals surface area contributed by atoms with Crippen molar-refractivity contribution in [3.8, 4) is 5.75 Å². The van der Waals surface area contributed by atoms with E-state index < -0.39 is 6.61 Å². The van der Waals surface area contributed by atoms with E-state index in [2.05, 4.69) is 23.8 Å². The van der Waals surface area contributed by atoms with Crippen molar-refractivity contribution in [3.05, 3.63) is 42.0 Å². The molecule has 0 N–H and O–H groups in total. The van der Waals surface area contributed by atoms with Gasteiger partial charge in [-0.3, -0.25) is 0 Å². The molecule has 0 bridgehead atoms.